The van der Waals surface area contributed by atoms with Crippen molar-refractivity contribution in [2.45, 2.75) is 37.7 Å². The Morgan fingerprint density at radius 3 is 2.21 bits per heavy atom. The number of halogens is 4. The summed E-state index contributed by atoms with van der Waals surface area (Å²) >= 11 is 11.3. The molecule has 3 aliphatic rings. The molecule has 0 unspecified atom stereocenters. The zero-order valence-corrected chi connectivity index (χ0v) is 19.0. The third kappa shape index (κ3) is 4.32. The fourth-order valence-corrected chi connectivity index (χ4v) is 5.30. The zero-order valence-electron chi connectivity index (χ0n) is 17.5. The summed E-state index contributed by atoms with van der Waals surface area (Å²) in [6.07, 6.45) is 4.81. The first-order chi connectivity index (χ1) is 15.8. The van der Waals surface area contributed by atoms with Crippen LogP contribution < -0.4 is 9.47 Å². The number of nitrogens with zero attached hydrogens (tertiary/aromatic N) is 1. The summed E-state index contributed by atoms with van der Waals surface area (Å²) < 4.78 is 38.0. The number of H-pyrrole nitrogens is 1. The Morgan fingerprint density at radius 2 is 1.61 bits per heavy atom. The van der Waals surface area contributed by atoms with Gasteiger partial charge in [-0.3, -0.25) is 4.79 Å². The van der Waals surface area contributed by atoms with Crippen molar-refractivity contribution in [3.8, 4) is 11.5 Å². The van der Waals surface area contributed by atoms with Crippen LogP contribution in [0.3, 0.4) is 0 Å². The molecule has 172 valence electrons. The van der Waals surface area contributed by atoms with Crippen LogP contribution in [0.2, 0.25) is 10.0 Å². The quantitative estimate of drug-likeness (QED) is 0.395. The lowest BCUT2D eigenvalue weighted by molar-refractivity contribution is -0.162. The van der Waals surface area contributed by atoms with Crippen LogP contribution in [0.15, 0.2) is 42.6 Å². The lowest BCUT2D eigenvalue weighted by Crippen LogP contribution is -2.65. The number of hydrogen-bond donors (Lipinski definition) is 1. The van der Waals surface area contributed by atoms with E-state index in [1.54, 1.807) is 12.3 Å². The van der Waals surface area contributed by atoms with E-state index in [4.69, 9.17) is 32.7 Å². The van der Waals surface area contributed by atoms with Crippen LogP contribution in [0.4, 0.5) is 8.78 Å². The number of ether oxygens (including phenoxy) is 2. The number of aromatic nitrogens is 2. The van der Waals surface area contributed by atoms with Gasteiger partial charge in [0, 0.05) is 24.0 Å². The fourth-order valence-electron chi connectivity index (χ4n) is 5.07. The molecule has 3 aliphatic carbocycles. The molecule has 9 heteroatoms. The van der Waals surface area contributed by atoms with Crippen molar-refractivity contribution in [2.75, 3.05) is 6.61 Å². The van der Waals surface area contributed by atoms with Crippen molar-refractivity contribution in [3.63, 3.8) is 0 Å². The number of benzene rings is 2. The van der Waals surface area contributed by atoms with E-state index in [1.807, 2.05) is 0 Å². The Morgan fingerprint density at radius 1 is 1.00 bits per heavy atom. The Bertz CT molecular complexity index is 1210. The highest BCUT2D eigenvalue weighted by molar-refractivity contribution is 6.31. The van der Waals surface area contributed by atoms with Gasteiger partial charge < -0.3 is 14.5 Å². The zero-order chi connectivity index (χ0) is 23.2. The molecular formula is C24H20Cl2F2N2O3. The molecule has 1 aromatic heterocycles. The highest BCUT2D eigenvalue weighted by Crippen LogP contribution is 2.74. The van der Waals surface area contributed by atoms with Crippen LogP contribution in [0.25, 0.3) is 0 Å². The maximum absolute atomic E-state index is 13.5. The normalized spacial score (nSPS) is 22.9. The van der Waals surface area contributed by atoms with E-state index in [1.165, 1.54) is 30.3 Å². The highest BCUT2D eigenvalue weighted by Gasteiger charge is 2.69. The lowest BCUT2D eigenvalue weighted by atomic mass is 9.34. The molecule has 33 heavy (non-hydrogen) atoms. The molecule has 3 fully saturated rings. The second kappa shape index (κ2) is 8.29. The monoisotopic (exact) mass is 492 g/mol. The summed E-state index contributed by atoms with van der Waals surface area (Å²) in [6, 6.07) is 8.42. The van der Waals surface area contributed by atoms with Crippen LogP contribution >= 0.6 is 23.2 Å². The van der Waals surface area contributed by atoms with Gasteiger partial charge in [0.2, 0.25) is 0 Å². The smallest absolute Gasteiger partial charge is 0.170 e. The van der Waals surface area contributed by atoms with Gasteiger partial charge >= 0.3 is 0 Å². The first kappa shape index (κ1) is 22.2. The molecule has 0 atom stereocenters. The lowest BCUT2D eigenvalue weighted by Gasteiger charge is -2.69. The molecule has 0 aliphatic heterocycles. The van der Waals surface area contributed by atoms with E-state index >= 15 is 0 Å². The number of nitrogens with one attached hydrogen (secondary N) is 1. The van der Waals surface area contributed by atoms with E-state index in [-0.39, 0.29) is 45.6 Å². The predicted octanol–water partition coefficient (Wildman–Crippen LogP) is 6.03. The largest absolute Gasteiger partial charge is 0.487 e. The van der Waals surface area contributed by atoms with E-state index in [2.05, 4.69) is 9.97 Å². The van der Waals surface area contributed by atoms with Crippen molar-refractivity contribution in [2.24, 2.45) is 5.41 Å². The van der Waals surface area contributed by atoms with E-state index in [0.29, 0.717) is 12.2 Å². The first-order valence-corrected chi connectivity index (χ1v) is 11.2. The number of ketones is 1. The Labute approximate surface area is 199 Å². The molecule has 1 heterocycles. The minimum absolute atomic E-state index is 0.00399. The summed E-state index contributed by atoms with van der Waals surface area (Å²) in [5.74, 6) is 0.448. The highest BCUT2D eigenvalue weighted by atomic mass is 35.5. The molecular weight excluding hydrogens is 473 g/mol. The number of imidazole rings is 1. The second-order valence-corrected chi connectivity index (χ2v) is 9.83. The van der Waals surface area contributed by atoms with Gasteiger partial charge in [-0.1, -0.05) is 23.2 Å². The van der Waals surface area contributed by atoms with Crippen LogP contribution in [0.1, 0.15) is 37.2 Å². The van der Waals surface area contributed by atoms with Gasteiger partial charge in [-0.25, -0.2) is 13.8 Å². The molecule has 2 bridgehead atoms. The molecule has 0 radical (unpaired) electrons. The summed E-state index contributed by atoms with van der Waals surface area (Å²) in [4.78, 5) is 20.2. The van der Waals surface area contributed by atoms with E-state index in [0.717, 1.165) is 30.8 Å². The van der Waals surface area contributed by atoms with Gasteiger partial charge in [0.15, 0.2) is 5.78 Å². The summed E-state index contributed by atoms with van der Waals surface area (Å²) in [7, 11) is 0. The predicted molar refractivity (Wildman–Crippen MR) is 119 cm³/mol. The van der Waals surface area contributed by atoms with E-state index < -0.39 is 11.6 Å². The molecule has 3 saturated carbocycles. The molecule has 0 saturated heterocycles. The first-order valence-electron chi connectivity index (χ1n) is 10.5. The molecule has 2 aromatic carbocycles. The number of rotatable bonds is 9. The van der Waals surface area contributed by atoms with Crippen LogP contribution in [-0.4, -0.2) is 22.4 Å². The van der Waals surface area contributed by atoms with Gasteiger partial charge in [0.1, 0.15) is 42.2 Å². The van der Waals surface area contributed by atoms with Gasteiger partial charge in [0.25, 0.3) is 0 Å². The average Bonchev–Trinajstić information content (AvgIpc) is 3.20. The van der Waals surface area contributed by atoms with Gasteiger partial charge in [-0.15, -0.1) is 0 Å². The van der Waals surface area contributed by atoms with Crippen molar-refractivity contribution in [3.05, 3.63) is 75.8 Å². The van der Waals surface area contributed by atoms with Crippen molar-refractivity contribution < 1.29 is 23.0 Å². The third-order valence-electron chi connectivity index (χ3n) is 6.42. The second-order valence-electron chi connectivity index (χ2n) is 9.01. The molecule has 5 nitrogen and oxygen atoms in total. The summed E-state index contributed by atoms with van der Waals surface area (Å²) in [6.45, 7) is 0.139. The number of hydrogen-bond acceptors (Lipinski definition) is 4. The Balaban J connectivity index is 1.10. The Hall–Kier alpha value is -2.64. The van der Waals surface area contributed by atoms with Gasteiger partial charge in [-0.05, 0) is 48.9 Å². The summed E-state index contributed by atoms with van der Waals surface area (Å²) in [5, 5.41) is 0.0620. The van der Waals surface area contributed by atoms with E-state index in [9.17, 15) is 13.6 Å². The molecule has 6 rings (SSSR count). The maximum Gasteiger partial charge on any atom is 0.170 e. The minimum Gasteiger partial charge on any atom is -0.487 e. The number of aromatic amines is 1. The van der Waals surface area contributed by atoms with Crippen LogP contribution in [0.5, 0.6) is 11.5 Å². The molecule has 3 aromatic rings. The van der Waals surface area contributed by atoms with Crippen LogP contribution in [0, 0.1) is 17.0 Å². The molecule has 0 amide bonds. The summed E-state index contributed by atoms with van der Waals surface area (Å²) in [5.41, 5.74) is 0.764. The number of Topliss-reactive ketones (excluding diaryl/α,β-unsaturated/α-hetero) is 1. The van der Waals surface area contributed by atoms with Gasteiger partial charge in [0.05, 0.1) is 21.9 Å². The standard InChI is InChI=1S/C24H20Cl2F2N2O3/c25-18-3-1-16(5-20(18)27)32-9-14-8-29-22(30-14)24-11-23(12-24,13-24)7-15(31)10-33-17-2-4-19(26)21(28)6-17/h1-6,8H,7,9-13H2,(H,29,30). The number of carbonyl (C=O) groups excluding carboxylic acids is 1. The SMILES string of the molecule is O=C(COc1ccc(Cl)c(F)c1)CC12CC(c3ncc(COc4ccc(Cl)c(F)c4)[nH]3)(C1)C2. The topological polar surface area (TPSA) is 64.2 Å². The maximum atomic E-state index is 13.5. The fraction of sp³-hybridized carbons (Fsp3) is 0.333. The number of carbonyl (C=O) groups is 1. The average molecular weight is 493 g/mol. The molecule has 1 N–H and O–H groups in total. The van der Waals surface area contributed by atoms with Crippen molar-refractivity contribution in [1.29, 1.82) is 0 Å². The van der Waals surface area contributed by atoms with Crippen molar-refractivity contribution >= 4 is 29.0 Å². The van der Waals surface area contributed by atoms with Gasteiger partial charge in [-0.2, -0.15) is 0 Å². The Kier molecular flexibility index (Phi) is 5.57. The van der Waals surface area contributed by atoms with Crippen molar-refractivity contribution in [1.82, 2.24) is 9.97 Å². The minimum atomic E-state index is -0.577. The third-order valence-corrected chi connectivity index (χ3v) is 7.03. The molecule has 0 spiro atoms. The van der Waals surface area contributed by atoms with Crippen LogP contribution in [-0.2, 0) is 16.8 Å².